The summed E-state index contributed by atoms with van der Waals surface area (Å²) in [5, 5.41) is 0. The SMILES string of the molecule is CC/C=C\C/C=C\C/C=C\C/C=C\CCCOCC(COC(=O)CCCCCCCCC)OC(=O)CCCCCCC. The fraction of sp³-hybridized carbons (Fsp3) is 0.730. The number of carbonyl (C=O) groups excluding carboxylic acids is 2. The van der Waals surface area contributed by atoms with Crippen LogP contribution in [0.25, 0.3) is 0 Å². The summed E-state index contributed by atoms with van der Waals surface area (Å²) in [6.45, 7) is 7.43. The summed E-state index contributed by atoms with van der Waals surface area (Å²) in [7, 11) is 0. The van der Waals surface area contributed by atoms with Gasteiger partial charge in [-0.05, 0) is 51.4 Å². The molecule has 0 saturated carbocycles. The van der Waals surface area contributed by atoms with Gasteiger partial charge in [0.25, 0.3) is 0 Å². The Labute approximate surface area is 259 Å². The summed E-state index contributed by atoms with van der Waals surface area (Å²) in [4.78, 5) is 24.6. The largest absolute Gasteiger partial charge is 0.462 e. The maximum absolute atomic E-state index is 12.4. The van der Waals surface area contributed by atoms with Gasteiger partial charge in [-0.15, -0.1) is 0 Å². The first kappa shape index (κ1) is 39.9. The van der Waals surface area contributed by atoms with E-state index in [-0.39, 0.29) is 25.2 Å². The fourth-order valence-electron chi connectivity index (χ4n) is 4.33. The Bertz CT molecular complexity index is 722. The van der Waals surface area contributed by atoms with Crippen molar-refractivity contribution >= 4 is 11.9 Å². The maximum Gasteiger partial charge on any atom is 0.306 e. The molecule has 0 heterocycles. The molecule has 0 fully saturated rings. The standard InChI is InChI=1S/C37H64O5/c1-4-7-10-13-15-16-17-18-19-20-21-23-26-29-32-40-33-35(42-37(39)31-28-24-12-9-6-3)34-41-36(38)30-27-25-22-14-11-8-5-2/h7,10,15-16,18-19,21,23,35H,4-6,8-9,11-14,17,20,22,24-34H2,1-3H3/b10-7-,16-15-,19-18-,23-21-. The van der Waals surface area contributed by atoms with E-state index in [4.69, 9.17) is 14.2 Å². The van der Waals surface area contributed by atoms with Crippen LogP contribution >= 0.6 is 0 Å². The van der Waals surface area contributed by atoms with E-state index in [1.165, 1.54) is 44.9 Å². The molecule has 0 rings (SSSR count). The van der Waals surface area contributed by atoms with Gasteiger partial charge >= 0.3 is 11.9 Å². The molecule has 0 aliphatic heterocycles. The van der Waals surface area contributed by atoms with Crippen LogP contribution in [0.1, 0.15) is 149 Å². The van der Waals surface area contributed by atoms with E-state index in [1.54, 1.807) is 0 Å². The Balaban J connectivity index is 4.24. The second kappa shape index (κ2) is 33.4. The highest BCUT2D eigenvalue weighted by Gasteiger charge is 2.17. The third-order valence-corrected chi connectivity index (χ3v) is 6.88. The highest BCUT2D eigenvalue weighted by molar-refractivity contribution is 5.70. The molecule has 0 aliphatic carbocycles. The van der Waals surface area contributed by atoms with Crippen LogP contribution in [-0.2, 0) is 23.8 Å². The van der Waals surface area contributed by atoms with Crippen LogP contribution in [0.5, 0.6) is 0 Å². The molecule has 0 N–H and O–H groups in total. The summed E-state index contributed by atoms with van der Waals surface area (Å²) in [5.41, 5.74) is 0. The molecule has 5 nitrogen and oxygen atoms in total. The molecule has 0 amide bonds. The minimum Gasteiger partial charge on any atom is -0.462 e. The van der Waals surface area contributed by atoms with Gasteiger partial charge in [0.15, 0.2) is 6.10 Å². The van der Waals surface area contributed by atoms with E-state index >= 15 is 0 Å². The van der Waals surface area contributed by atoms with Crippen molar-refractivity contribution in [1.29, 1.82) is 0 Å². The van der Waals surface area contributed by atoms with E-state index in [0.717, 1.165) is 70.6 Å². The normalized spacial score (nSPS) is 12.7. The molecular weight excluding hydrogens is 524 g/mol. The molecule has 0 radical (unpaired) electrons. The molecule has 0 spiro atoms. The predicted molar refractivity (Wildman–Crippen MR) is 178 cm³/mol. The van der Waals surface area contributed by atoms with Crippen LogP contribution < -0.4 is 0 Å². The Hall–Kier alpha value is -2.14. The van der Waals surface area contributed by atoms with Gasteiger partial charge in [-0.2, -0.15) is 0 Å². The van der Waals surface area contributed by atoms with Crippen LogP contribution in [0.15, 0.2) is 48.6 Å². The molecule has 0 aromatic rings. The monoisotopic (exact) mass is 588 g/mol. The molecule has 0 bridgehead atoms. The van der Waals surface area contributed by atoms with Gasteiger partial charge in [0.1, 0.15) is 6.61 Å². The minimum absolute atomic E-state index is 0.0633. The van der Waals surface area contributed by atoms with Crippen LogP contribution in [0, 0.1) is 0 Å². The summed E-state index contributed by atoms with van der Waals surface area (Å²) < 4.78 is 16.9. The quantitative estimate of drug-likeness (QED) is 0.0474. The molecule has 0 aromatic carbocycles. The van der Waals surface area contributed by atoms with Crippen molar-refractivity contribution in [1.82, 2.24) is 0 Å². The molecule has 0 aliphatic rings. The summed E-state index contributed by atoms with van der Waals surface area (Å²) in [6.07, 6.45) is 37.1. The average molecular weight is 589 g/mol. The molecule has 1 atom stereocenters. The van der Waals surface area contributed by atoms with Gasteiger partial charge in [0, 0.05) is 19.4 Å². The van der Waals surface area contributed by atoms with Crippen molar-refractivity contribution in [3.63, 3.8) is 0 Å². The maximum atomic E-state index is 12.4. The number of esters is 2. The Kier molecular flexibility index (Phi) is 31.7. The number of carbonyl (C=O) groups is 2. The Morgan fingerprint density at radius 3 is 1.62 bits per heavy atom. The van der Waals surface area contributed by atoms with E-state index < -0.39 is 6.10 Å². The van der Waals surface area contributed by atoms with Gasteiger partial charge in [0.05, 0.1) is 6.61 Å². The molecule has 42 heavy (non-hydrogen) atoms. The van der Waals surface area contributed by atoms with Gasteiger partial charge in [-0.25, -0.2) is 0 Å². The number of rotatable bonds is 30. The van der Waals surface area contributed by atoms with Crippen LogP contribution in [-0.4, -0.2) is 37.9 Å². The van der Waals surface area contributed by atoms with Crippen molar-refractivity contribution in [3.8, 4) is 0 Å². The lowest BCUT2D eigenvalue weighted by Gasteiger charge is -2.18. The highest BCUT2D eigenvalue weighted by atomic mass is 16.6. The van der Waals surface area contributed by atoms with Crippen LogP contribution in [0.2, 0.25) is 0 Å². The molecule has 0 aromatic heterocycles. The minimum atomic E-state index is -0.552. The van der Waals surface area contributed by atoms with Gasteiger partial charge < -0.3 is 14.2 Å². The lowest BCUT2D eigenvalue weighted by molar-refractivity contribution is -0.163. The Morgan fingerprint density at radius 1 is 0.548 bits per heavy atom. The van der Waals surface area contributed by atoms with E-state index in [9.17, 15) is 9.59 Å². The molecular formula is C37H64O5. The zero-order chi connectivity index (χ0) is 30.8. The van der Waals surface area contributed by atoms with E-state index in [2.05, 4.69) is 69.4 Å². The zero-order valence-electron chi connectivity index (χ0n) is 27.5. The van der Waals surface area contributed by atoms with E-state index in [1.807, 2.05) is 0 Å². The van der Waals surface area contributed by atoms with Crippen molar-refractivity contribution in [2.75, 3.05) is 19.8 Å². The predicted octanol–water partition coefficient (Wildman–Crippen LogP) is 10.5. The van der Waals surface area contributed by atoms with Gasteiger partial charge in [-0.3, -0.25) is 9.59 Å². The lowest BCUT2D eigenvalue weighted by atomic mass is 10.1. The third kappa shape index (κ3) is 30.8. The zero-order valence-corrected chi connectivity index (χ0v) is 27.5. The second-order valence-electron chi connectivity index (χ2n) is 11.0. The molecule has 242 valence electrons. The average Bonchev–Trinajstić information content (AvgIpc) is 2.99. The number of unbranched alkanes of at least 4 members (excludes halogenated alkanes) is 11. The van der Waals surface area contributed by atoms with Crippen LogP contribution in [0.3, 0.4) is 0 Å². The van der Waals surface area contributed by atoms with Gasteiger partial charge in [-0.1, -0.05) is 134 Å². The van der Waals surface area contributed by atoms with Crippen LogP contribution in [0.4, 0.5) is 0 Å². The topological polar surface area (TPSA) is 61.8 Å². The van der Waals surface area contributed by atoms with Crippen molar-refractivity contribution in [2.45, 2.75) is 155 Å². The Morgan fingerprint density at radius 2 is 1.05 bits per heavy atom. The smallest absolute Gasteiger partial charge is 0.306 e. The van der Waals surface area contributed by atoms with E-state index in [0.29, 0.717) is 19.4 Å². The van der Waals surface area contributed by atoms with Crippen molar-refractivity contribution in [3.05, 3.63) is 48.6 Å². The van der Waals surface area contributed by atoms with Crippen molar-refractivity contribution in [2.24, 2.45) is 0 Å². The summed E-state index contributed by atoms with van der Waals surface area (Å²) >= 11 is 0. The molecule has 5 heteroatoms. The summed E-state index contributed by atoms with van der Waals surface area (Å²) in [6, 6.07) is 0. The lowest BCUT2D eigenvalue weighted by Crippen LogP contribution is -2.30. The third-order valence-electron chi connectivity index (χ3n) is 6.88. The van der Waals surface area contributed by atoms with Crippen molar-refractivity contribution < 1.29 is 23.8 Å². The second-order valence-corrected chi connectivity index (χ2v) is 11.0. The summed E-state index contributed by atoms with van der Waals surface area (Å²) in [5.74, 6) is -0.452. The first-order chi connectivity index (χ1) is 20.6. The highest BCUT2D eigenvalue weighted by Crippen LogP contribution is 2.10. The first-order valence-corrected chi connectivity index (χ1v) is 17.2. The number of ether oxygens (including phenoxy) is 3. The fourth-order valence-corrected chi connectivity index (χ4v) is 4.33. The van der Waals surface area contributed by atoms with Gasteiger partial charge in [0.2, 0.25) is 0 Å². The number of hydrogen-bond acceptors (Lipinski definition) is 5. The molecule has 0 saturated heterocycles. The first-order valence-electron chi connectivity index (χ1n) is 17.2. The number of hydrogen-bond donors (Lipinski definition) is 0. The molecule has 1 unspecified atom stereocenters. The number of allylic oxidation sites excluding steroid dienone is 8.